The second-order valence-corrected chi connectivity index (χ2v) is 4.87. The molecule has 2 heteroatoms. The van der Waals surface area contributed by atoms with Crippen LogP contribution in [0.5, 0.6) is 0 Å². The zero-order valence-corrected chi connectivity index (χ0v) is 9.61. The van der Waals surface area contributed by atoms with Crippen LogP contribution in [-0.4, -0.2) is 4.21 Å². The van der Waals surface area contributed by atoms with Gasteiger partial charge < -0.3 is 0 Å². The highest BCUT2D eigenvalue weighted by Gasteiger charge is 2.08. The van der Waals surface area contributed by atoms with E-state index in [2.05, 4.69) is 6.58 Å². The van der Waals surface area contributed by atoms with Gasteiger partial charge in [0.1, 0.15) is 0 Å². The van der Waals surface area contributed by atoms with E-state index < -0.39 is 10.8 Å². The van der Waals surface area contributed by atoms with Crippen LogP contribution in [0.2, 0.25) is 0 Å². The molecule has 0 saturated carbocycles. The second-order valence-electron chi connectivity index (χ2n) is 3.37. The molecule has 2 aromatic rings. The van der Waals surface area contributed by atoms with Crippen molar-refractivity contribution in [1.82, 2.24) is 0 Å². The number of hydrogen-bond acceptors (Lipinski definition) is 1. The molecular weight excluding hydrogens is 216 g/mol. The predicted molar refractivity (Wildman–Crippen MR) is 68.3 cm³/mol. The third-order valence-electron chi connectivity index (χ3n) is 2.28. The van der Waals surface area contributed by atoms with E-state index in [1.165, 1.54) is 0 Å². The van der Waals surface area contributed by atoms with Gasteiger partial charge in [0.25, 0.3) is 0 Å². The molecule has 0 amide bonds. The molecule has 1 nitrogen and oxygen atoms in total. The van der Waals surface area contributed by atoms with Crippen molar-refractivity contribution in [1.29, 1.82) is 0 Å². The lowest BCUT2D eigenvalue weighted by Gasteiger charge is -2.05. The lowest BCUT2D eigenvalue weighted by atomic mass is 10.2. The standard InChI is InChI=1S/C14H12OS/c1-12(13-8-4-2-5-9-13)16(15)14-10-6-3-7-11-14/h2-11H,1H2/t16-/m1/s1. The summed E-state index contributed by atoms with van der Waals surface area (Å²) >= 11 is 0. The smallest absolute Gasteiger partial charge is 0.0849 e. The Balaban J connectivity index is 2.28. The van der Waals surface area contributed by atoms with Gasteiger partial charge in [-0.05, 0) is 17.7 Å². The number of rotatable bonds is 3. The van der Waals surface area contributed by atoms with E-state index in [4.69, 9.17) is 0 Å². The van der Waals surface area contributed by atoms with Crippen LogP contribution in [0.1, 0.15) is 5.56 Å². The molecule has 0 aliphatic rings. The van der Waals surface area contributed by atoms with Gasteiger partial charge in [-0.15, -0.1) is 0 Å². The van der Waals surface area contributed by atoms with Gasteiger partial charge in [-0.2, -0.15) is 0 Å². The Morgan fingerprint density at radius 3 is 1.94 bits per heavy atom. The Kier molecular flexibility index (Phi) is 3.32. The van der Waals surface area contributed by atoms with Crippen molar-refractivity contribution < 1.29 is 4.21 Å². The van der Waals surface area contributed by atoms with E-state index in [-0.39, 0.29) is 0 Å². The van der Waals surface area contributed by atoms with E-state index in [0.717, 1.165) is 10.5 Å². The summed E-state index contributed by atoms with van der Waals surface area (Å²) in [4.78, 5) is 1.43. The van der Waals surface area contributed by atoms with Gasteiger partial charge in [0, 0.05) is 9.80 Å². The van der Waals surface area contributed by atoms with Crippen molar-refractivity contribution in [2.24, 2.45) is 0 Å². The minimum Gasteiger partial charge on any atom is -0.249 e. The fourth-order valence-corrected chi connectivity index (χ4v) is 2.46. The summed E-state index contributed by atoms with van der Waals surface area (Å²) in [6, 6.07) is 19.0. The first-order valence-electron chi connectivity index (χ1n) is 5.00. The Morgan fingerprint density at radius 2 is 1.38 bits per heavy atom. The molecule has 0 bridgehead atoms. The maximum Gasteiger partial charge on any atom is 0.0849 e. The highest BCUT2D eigenvalue weighted by molar-refractivity contribution is 7.94. The van der Waals surface area contributed by atoms with E-state index in [9.17, 15) is 4.21 Å². The number of hydrogen-bond donors (Lipinski definition) is 0. The second kappa shape index (κ2) is 4.90. The third kappa shape index (κ3) is 2.28. The quantitative estimate of drug-likeness (QED) is 0.786. The van der Waals surface area contributed by atoms with Crippen LogP contribution >= 0.6 is 0 Å². The number of benzene rings is 2. The van der Waals surface area contributed by atoms with Crippen LogP contribution in [-0.2, 0) is 10.8 Å². The van der Waals surface area contributed by atoms with Crippen LogP contribution < -0.4 is 0 Å². The molecule has 0 unspecified atom stereocenters. The summed E-state index contributed by atoms with van der Waals surface area (Å²) in [5.41, 5.74) is 0.921. The monoisotopic (exact) mass is 228 g/mol. The van der Waals surface area contributed by atoms with Crippen molar-refractivity contribution in [3.63, 3.8) is 0 Å². The SMILES string of the molecule is C=C(c1ccccc1)[S@@](=O)c1ccccc1. The van der Waals surface area contributed by atoms with Gasteiger partial charge in [-0.1, -0.05) is 55.1 Å². The van der Waals surface area contributed by atoms with E-state index in [1.54, 1.807) is 0 Å². The van der Waals surface area contributed by atoms with Gasteiger partial charge >= 0.3 is 0 Å². The largest absolute Gasteiger partial charge is 0.249 e. The van der Waals surface area contributed by atoms with Gasteiger partial charge in [-0.25, -0.2) is 4.21 Å². The molecule has 0 radical (unpaired) electrons. The normalized spacial score (nSPS) is 12.0. The van der Waals surface area contributed by atoms with Crippen LogP contribution in [0.4, 0.5) is 0 Å². The van der Waals surface area contributed by atoms with E-state index in [0.29, 0.717) is 4.91 Å². The molecule has 2 rings (SSSR count). The van der Waals surface area contributed by atoms with Crippen LogP contribution in [0.15, 0.2) is 72.1 Å². The maximum absolute atomic E-state index is 12.2. The minimum atomic E-state index is -1.17. The van der Waals surface area contributed by atoms with Crippen LogP contribution in [0.25, 0.3) is 4.91 Å². The van der Waals surface area contributed by atoms with Crippen molar-refractivity contribution in [3.05, 3.63) is 72.8 Å². The first kappa shape index (κ1) is 10.8. The highest BCUT2D eigenvalue weighted by atomic mass is 32.2. The summed E-state index contributed by atoms with van der Waals surface area (Å²) < 4.78 is 12.2. The van der Waals surface area contributed by atoms with Crippen molar-refractivity contribution in [2.75, 3.05) is 0 Å². The summed E-state index contributed by atoms with van der Waals surface area (Å²) in [6.07, 6.45) is 0. The van der Waals surface area contributed by atoms with Gasteiger partial charge in [0.15, 0.2) is 0 Å². The zero-order chi connectivity index (χ0) is 11.4. The van der Waals surface area contributed by atoms with Gasteiger partial charge in [0.05, 0.1) is 10.8 Å². The Labute approximate surface area is 97.9 Å². The molecule has 16 heavy (non-hydrogen) atoms. The third-order valence-corrected chi connectivity index (χ3v) is 3.66. The molecule has 0 aromatic heterocycles. The zero-order valence-electron chi connectivity index (χ0n) is 8.80. The Bertz CT molecular complexity index is 453. The first-order chi connectivity index (χ1) is 7.79. The Hall–Kier alpha value is -1.67. The van der Waals surface area contributed by atoms with Crippen molar-refractivity contribution in [2.45, 2.75) is 4.90 Å². The first-order valence-corrected chi connectivity index (χ1v) is 6.15. The lowest BCUT2D eigenvalue weighted by Crippen LogP contribution is -1.93. The van der Waals surface area contributed by atoms with Gasteiger partial charge in [-0.3, -0.25) is 0 Å². The fourth-order valence-electron chi connectivity index (χ4n) is 1.42. The summed E-state index contributed by atoms with van der Waals surface area (Å²) in [6.45, 7) is 3.90. The summed E-state index contributed by atoms with van der Waals surface area (Å²) in [7, 11) is -1.17. The summed E-state index contributed by atoms with van der Waals surface area (Å²) in [5.74, 6) is 0. The molecule has 0 saturated heterocycles. The average molecular weight is 228 g/mol. The molecular formula is C14H12OS. The Morgan fingerprint density at radius 1 is 0.875 bits per heavy atom. The van der Waals surface area contributed by atoms with Crippen molar-refractivity contribution in [3.8, 4) is 0 Å². The molecule has 80 valence electrons. The molecule has 0 fully saturated rings. The van der Waals surface area contributed by atoms with Crippen LogP contribution in [0, 0.1) is 0 Å². The lowest BCUT2D eigenvalue weighted by molar-refractivity contribution is 0.689. The minimum absolute atomic E-state index is 0.645. The maximum atomic E-state index is 12.2. The topological polar surface area (TPSA) is 17.1 Å². The van der Waals surface area contributed by atoms with Crippen LogP contribution in [0.3, 0.4) is 0 Å². The molecule has 0 aliphatic heterocycles. The van der Waals surface area contributed by atoms with E-state index >= 15 is 0 Å². The predicted octanol–water partition coefficient (Wildman–Crippen LogP) is 3.47. The molecule has 1 atom stereocenters. The molecule has 0 aliphatic carbocycles. The molecule has 0 spiro atoms. The fraction of sp³-hybridized carbons (Fsp3) is 0. The molecule has 0 N–H and O–H groups in total. The van der Waals surface area contributed by atoms with Gasteiger partial charge in [0.2, 0.25) is 0 Å². The van der Waals surface area contributed by atoms with E-state index in [1.807, 2.05) is 60.7 Å². The molecule has 2 aromatic carbocycles. The highest BCUT2D eigenvalue weighted by Crippen LogP contribution is 2.21. The summed E-state index contributed by atoms with van der Waals surface area (Å²) in [5, 5.41) is 0. The van der Waals surface area contributed by atoms with Crippen molar-refractivity contribution >= 4 is 15.7 Å². The average Bonchev–Trinajstić information content (AvgIpc) is 2.39. The molecule has 0 heterocycles.